The van der Waals surface area contributed by atoms with Gasteiger partial charge >= 0.3 is 0 Å². The van der Waals surface area contributed by atoms with E-state index in [-0.39, 0.29) is 0 Å². The molecule has 0 saturated heterocycles. The summed E-state index contributed by atoms with van der Waals surface area (Å²) in [6.45, 7) is 2.87. The molecule has 0 aromatic carbocycles. The number of anilines is 1. The van der Waals surface area contributed by atoms with Crippen LogP contribution < -0.4 is 4.90 Å². The summed E-state index contributed by atoms with van der Waals surface area (Å²) in [7, 11) is 3.97. The molecule has 0 aliphatic rings. The molecule has 6 nitrogen and oxygen atoms in total. The van der Waals surface area contributed by atoms with Crippen LogP contribution in [-0.2, 0) is 12.3 Å². The van der Waals surface area contributed by atoms with E-state index in [1.165, 1.54) is 0 Å². The lowest BCUT2D eigenvalue weighted by Crippen LogP contribution is -2.10. The minimum atomic E-state index is 0.739. The van der Waals surface area contributed by atoms with Crippen LogP contribution in [0.2, 0.25) is 0 Å². The summed E-state index contributed by atoms with van der Waals surface area (Å²) in [6, 6.07) is 7.87. The molecule has 3 aromatic heterocycles. The van der Waals surface area contributed by atoms with E-state index in [9.17, 15) is 0 Å². The van der Waals surface area contributed by atoms with Gasteiger partial charge in [0.15, 0.2) is 16.7 Å². The maximum Gasteiger partial charge on any atom is 0.200 e. The van der Waals surface area contributed by atoms with Gasteiger partial charge in [0.05, 0.1) is 6.26 Å². The summed E-state index contributed by atoms with van der Waals surface area (Å²) in [5.41, 5.74) is 1.16. The van der Waals surface area contributed by atoms with Crippen LogP contribution in [0.1, 0.15) is 12.5 Å². The second-order valence-corrected chi connectivity index (χ2v) is 6.18. The molecule has 7 heteroatoms. The third kappa shape index (κ3) is 3.39. The Morgan fingerprint density at radius 3 is 2.70 bits per heavy atom. The van der Waals surface area contributed by atoms with Crippen LogP contribution in [0.5, 0.6) is 0 Å². The molecule has 23 heavy (non-hydrogen) atoms. The van der Waals surface area contributed by atoms with E-state index in [1.54, 1.807) is 18.0 Å². The highest BCUT2D eigenvalue weighted by Crippen LogP contribution is 2.26. The van der Waals surface area contributed by atoms with Crippen LogP contribution in [0.4, 0.5) is 5.82 Å². The Labute approximate surface area is 139 Å². The molecule has 3 heterocycles. The molecule has 0 unspecified atom stereocenters. The minimum Gasteiger partial charge on any atom is -0.461 e. The summed E-state index contributed by atoms with van der Waals surface area (Å²) in [5, 5.41) is 9.43. The Bertz CT molecular complexity index is 749. The normalized spacial score (nSPS) is 10.9. The van der Waals surface area contributed by atoms with Crippen molar-refractivity contribution in [2.45, 2.75) is 24.4 Å². The van der Waals surface area contributed by atoms with Crippen LogP contribution in [0.15, 0.2) is 46.3 Å². The Kier molecular flexibility index (Phi) is 4.66. The molecule has 3 aromatic rings. The van der Waals surface area contributed by atoms with Crippen LogP contribution >= 0.6 is 11.8 Å². The molecule has 3 rings (SSSR count). The van der Waals surface area contributed by atoms with E-state index in [0.29, 0.717) is 0 Å². The van der Waals surface area contributed by atoms with Crippen molar-refractivity contribution in [3.05, 3.63) is 42.3 Å². The Morgan fingerprint density at radius 1 is 1.22 bits per heavy atom. The lowest BCUT2D eigenvalue weighted by molar-refractivity contribution is 0.567. The number of hydrogen-bond donors (Lipinski definition) is 0. The minimum absolute atomic E-state index is 0.739. The second kappa shape index (κ2) is 6.87. The number of nitrogens with zero attached hydrogens (tertiary/aromatic N) is 5. The number of furan rings is 1. The molecule has 0 aliphatic carbocycles. The lowest BCUT2D eigenvalue weighted by Gasteiger charge is -2.11. The van der Waals surface area contributed by atoms with E-state index >= 15 is 0 Å². The number of thioether (sulfide) groups is 1. The van der Waals surface area contributed by atoms with Crippen molar-refractivity contribution in [2.24, 2.45) is 0 Å². The van der Waals surface area contributed by atoms with Gasteiger partial charge in [-0.25, -0.2) is 4.98 Å². The van der Waals surface area contributed by atoms with Crippen LogP contribution in [0, 0.1) is 0 Å². The van der Waals surface area contributed by atoms with E-state index < -0.39 is 0 Å². The summed E-state index contributed by atoms with van der Waals surface area (Å²) in [4.78, 5) is 6.42. The Morgan fingerprint density at radius 2 is 2.09 bits per heavy atom. The Hall–Kier alpha value is -2.28. The maximum atomic E-state index is 5.43. The van der Waals surface area contributed by atoms with Gasteiger partial charge in [-0.1, -0.05) is 17.8 Å². The SMILES string of the molecule is CCn1c(SCc2ccc(N(C)C)nc2)nnc1-c1ccco1. The van der Waals surface area contributed by atoms with E-state index in [0.717, 1.165) is 40.4 Å². The fourth-order valence-corrected chi connectivity index (χ4v) is 3.12. The van der Waals surface area contributed by atoms with Crippen molar-refractivity contribution in [2.75, 3.05) is 19.0 Å². The third-order valence-electron chi connectivity index (χ3n) is 3.41. The number of aromatic nitrogens is 4. The fraction of sp³-hybridized carbons (Fsp3) is 0.312. The fourth-order valence-electron chi connectivity index (χ4n) is 2.18. The standard InChI is InChI=1S/C16H19N5OS/c1-4-21-15(13-6-5-9-22-13)18-19-16(21)23-11-12-7-8-14(17-10-12)20(2)3/h5-10H,4,11H2,1-3H3. The average Bonchev–Trinajstić information content (AvgIpc) is 3.22. The quantitative estimate of drug-likeness (QED) is 0.647. The number of pyridine rings is 1. The van der Waals surface area contributed by atoms with Gasteiger partial charge in [0.25, 0.3) is 0 Å². The van der Waals surface area contributed by atoms with E-state index in [2.05, 4.69) is 32.7 Å². The summed E-state index contributed by atoms with van der Waals surface area (Å²) >= 11 is 1.65. The van der Waals surface area contributed by atoms with Crippen molar-refractivity contribution in [3.8, 4) is 11.6 Å². The molecule has 120 valence electrons. The van der Waals surface area contributed by atoms with Gasteiger partial charge in [-0.05, 0) is 30.7 Å². The molecule has 0 radical (unpaired) electrons. The smallest absolute Gasteiger partial charge is 0.200 e. The van der Waals surface area contributed by atoms with Crippen molar-refractivity contribution < 1.29 is 4.42 Å². The molecule has 0 N–H and O–H groups in total. The first kappa shape index (κ1) is 15.6. The number of hydrogen-bond acceptors (Lipinski definition) is 6. The lowest BCUT2D eigenvalue weighted by atomic mass is 10.3. The predicted molar refractivity (Wildman–Crippen MR) is 91.5 cm³/mol. The first-order valence-corrected chi connectivity index (χ1v) is 8.39. The molecule has 0 amide bonds. The zero-order valence-corrected chi connectivity index (χ0v) is 14.2. The summed E-state index contributed by atoms with van der Waals surface area (Å²) < 4.78 is 7.49. The monoisotopic (exact) mass is 329 g/mol. The van der Waals surface area contributed by atoms with Crippen molar-refractivity contribution in [1.29, 1.82) is 0 Å². The molecular formula is C16H19N5OS. The summed E-state index contributed by atoms with van der Waals surface area (Å²) in [6.07, 6.45) is 3.55. The van der Waals surface area contributed by atoms with Gasteiger partial charge in [0, 0.05) is 32.6 Å². The van der Waals surface area contributed by atoms with Crippen LogP contribution in [0.25, 0.3) is 11.6 Å². The van der Waals surface area contributed by atoms with Gasteiger partial charge in [-0.3, -0.25) is 4.57 Å². The molecule has 0 atom stereocenters. The highest BCUT2D eigenvalue weighted by atomic mass is 32.2. The Balaban J connectivity index is 1.73. The number of rotatable bonds is 6. The van der Waals surface area contributed by atoms with Gasteiger partial charge in [0.2, 0.25) is 0 Å². The maximum absolute atomic E-state index is 5.43. The summed E-state index contributed by atoms with van der Waals surface area (Å²) in [5.74, 6) is 3.26. The molecular weight excluding hydrogens is 310 g/mol. The third-order valence-corrected chi connectivity index (χ3v) is 4.45. The molecule has 0 bridgehead atoms. The topological polar surface area (TPSA) is 60.0 Å². The molecule has 0 aliphatic heterocycles. The average molecular weight is 329 g/mol. The van der Waals surface area contributed by atoms with Gasteiger partial charge in [0.1, 0.15) is 5.82 Å². The van der Waals surface area contributed by atoms with Gasteiger partial charge < -0.3 is 9.32 Å². The zero-order valence-electron chi connectivity index (χ0n) is 13.4. The molecule has 0 spiro atoms. The molecule has 0 fully saturated rings. The van der Waals surface area contributed by atoms with E-state index in [1.807, 2.05) is 43.4 Å². The molecule has 0 saturated carbocycles. The highest BCUT2D eigenvalue weighted by Gasteiger charge is 2.15. The first-order valence-electron chi connectivity index (χ1n) is 7.41. The van der Waals surface area contributed by atoms with Crippen molar-refractivity contribution in [1.82, 2.24) is 19.7 Å². The van der Waals surface area contributed by atoms with Crippen LogP contribution in [-0.4, -0.2) is 33.8 Å². The van der Waals surface area contributed by atoms with Gasteiger partial charge in [-0.2, -0.15) is 0 Å². The first-order chi connectivity index (χ1) is 11.2. The van der Waals surface area contributed by atoms with Crippen molar-refractivity contribution >= 4 is 17.6 Å². The highest BCUT2D eigenvalue weighted by molar-refractivity contribution is 7.98. The predicted octanol–water partition coefficient (Wildman–Crippen LogP) is 3.31. The largest absolute Gasteiger partial charge is 0.461 e. The van der Waals surface area contributed by atoms with Crippen LogP contribution in [0.3, 0.4) is 0 Å². The zero-order chi connectivity index (χ0) is 16.2. The van der Waals surface area contributed by atoms with E-state index in [4.69, 9.17) is 4.42 Å². The van der Waals surface area contributed by atoms with Gasteiger partial charge in [-0.15, -0.1) is 10.2 Å². The second-order valence-electron chi connectivity index (χ2n) is 5.24. The van der Waals surface area contributed by atoms with Crippen molar-refractivity contribution in [3.63, 3.8) is 0 Å².